The Morgan fingerprint density at radius 2 is 2.20 bits per heavy atom. The van der Waals surface area contributed by atoms with Crippen molar-refractivity contribution in [3.63, 3.8) is 0 Å². The average molecular weight is 295 g/mol. The lowest BCUT2D eigenvalue weighted by atomic mass is 10.1. The van der Waals surface area contributed by atoms with Gasteiger partial charge < -0.3 is 4.90 Å². The van der Waals surface area contributed by atoms with E-state index in [-0.39, 0.29) is 30.2 Å². The van der Waals surface area contributed by atoms with Crippen LogP contribution in [0.3, 0.4) is 0 Å². The molecule has 7 heteroatoms. The predicted octanol–water partition coefficient (Wildman–Crippen LogP) is 0.611. The molecule has 20 heavy (non-hydrogen) atoms. The summed E-state index contributed by atoms with van der Waals surface area (Å²) in [5.74, 6) is 0.0566. The van der Waals surface area contributed by atoms with Gasteiger partial charge in [-0.25, -0.2) is 8.42 Å². The molecule has 0 spiro atoms. The van der Waals surface area contributed by atoms with Gasteiger partial charge >= 0.3 is 0 Å². The summed E-state index contributed by atoms with van der Waals surface area (Å²) >= 11 is 0. The van der Waals surface area contributed by atoms with Gasteiger partial charge in [0, 0.05) is 19.2 Å². The van der Waals surface area contributed by atoms with Crippen LogP contribution in [0.5, 0.6) is 0 Å². The van der Waals surface area contributed by atoms with Crippen molar-refractivity contribution in [1.82, 2.24) is 9.29 Å². The Balaban J connectivity index is 1.91. The third-order valence-electron chi connectivity index (χ3n) is 4.09. The number of carbonyl (C=O) groups is 1. The lowest BCUT2D eigenvalue weighted by Crippen LogP contribution is -2.40. The van der Waals surface area contributed by atoms with Gasteiger partial charge in [0.15, 0.2) is 0 Å². The fourth-order valence-electron chi connectivity index (χ4n) is 3.15. The van der Waals surface area contributed by atoms with Crippen molar-refractivity contribution < 1.29 is 13.2 Å². The standard InChI is InChI=1S/C13H17N3O3S/c1-2-20(18,19)15-7-5-11-12(15)8-13(17)16(11)10-4-3-6-14-9-10/h3-4,6,9,11-12H,2,5,7-8H2,1H3/t11-,12+/m0/s1. The van der Waals surface area contributed by atoms with Crippen molar-refractivity contribution in [1.29, 1.82) is 0 Å². The number of aromatic nitrogens is 1. The van der Waals surface area contributed by atoms with Crippen molar-refractivity contribution in [2.45, 2.75) is 31.8 Å². The topological polar surface area (TPSA) is 70.6 Å². The van der Waals surface area contributed by atoms with Crippen molar-refractivity contribution >= 4 is 21.6 Å². The van der Waals surface area contributed by atoms with Crippen molar-refractivity contribution in [3.8, 4) is 0 Å². The second kappa shape index (κ2) is 4.82. The van der Waals surface area contributed by atoms with Gasteiger partial charge in [0.2, 0.25) is 15.9 Å². The van der Waals surface area contributed by atoms with Gasteiger partial charge in [-0.15, -0.1) is 0 Å². The van der Waals surface area contributed by atoms with Gasteiger partial charge in [-0.2, -0.15) is 4.31 Å². The molecule has 1 aromatic heterocycles. The number of fused-ring (bicyclic) bond motifs is 1. The molecule has 2 saturated heterocycles. The SMILES string of the molecule is CCS(=O)(=O)N1CC[C@H]2[C@H]1CC(=O)N2c1cccnc1. The molecule has 0 saturated carbocycles. The highest BCUT2D eigenvalue weighted by Gasteiger charge is 2.50. The van der Waals surface area contributed by atoms with E-state index in [0.29, 0.717) is 13.0 Å². The molecule has 1 amide bonds. The second-order valence-electron chi connectivity index (χ2n) is 5.11. The molecule has 2 aliphatic rings. The summed E-state index contributed by atoms with van der Waals surface area (Å²) in [7, 11) is -3.24. The first kappa shape index (κ1) is 13.5. The fraction of sp³-hybridized carbons (Fsp3) is 0.538. The fourth-order valence-corrected chi connectivity index (χ4v) is 4.50. The van der Waals surface area contributed by atoms with Crippen LogP contribution in [-0.2, 0) is 14.8 Å². The molecule has 3 rings (SSSR count). The van der Waals surface area contributed by atoms with Crippen LogP contribution in [0.25, 0.3) is 0 Å². The maximum absolute atomic E-state index is 12.2. The molecule has 6 nitrogen and oxygen atoms in total. The van der Waals surface area contributed by atoms with Gasteiger partial charge in [0.25, 0.3) is 0 Å². The van der Waals surface area contributed by atoms with Crippen LogP contribution in [0.4, 0.5) is 5.69 Å². The number of carbonyl (C=O) groups excluding carboxylic acids is 1. The number of anilines is 1. The van der Waals surface area contributed by atoms with Crippen LogP contribution in [0.2, 0.25) is 0 Å². The summed E-state index contributed by atoms with van der Waals surface area (Å²) < 4.78 is 25.7. The van der Waals surface area contributed by atoms with Gasteiger partial charge in [0.1, 0.15) is 0 Å². The average Bonchev–Trinajstić information content (AvgIpc) is 2.97. The molecule has 0 radical (unpaired) electrons. The largest absolute Gasteiger partial charge is 0.306 e. The van der Waals surface area contributed by atoms with Crippen molar-refractivity contribution in [2.75, 3.05) is 17.2 Å². The number of sulfonamides is 1. The smallest absolute Gasteiger partial charge is 0.229 e. The van der Waals surface area contributed by atoms with Crippen LogP contribution in [-0.4, -0.2) is 48.0 Å². The predicted molar refractivity (Wildman–Crippen MR) is 74.7 cm³/mol. The summed E-state index contributed by atoms with van der Waals surface area (Å²) in [4.78, 5) is 18.0. The van der Waals surface area contributed by atoms with Gasteiger partial charge in [-0.1, -0.05) is 0 Å². The molecule has 0 aromatic carbocycles. The third-order valence-corrected chi connectivity index (χ3v) is 5.99. The number of nitrogens with zero attached hydrogens (tertiary/aromatic N) is 3. The van der Waals surface area contributed by atoms with E-state index in [1.807, 2.05) is 6.07 Å². The molecule has 0 bridgehead atoms. The molecule has 2 aliphatic heterocycles. The molecule has 3 heterocycles. The summed E-state index contributed by atoms with van der Waals surface area (Å²) in [6.07, 6.45) is 4.25. The highest BCUT2D eigenvalue weighted by Crippen LogP contribution is 2.36. The second-order valence-corrected chi connectivity index (χ2v) is 7.32. The number of hydrogen-bond acceptors (Lipinski definition) is 4. The Morgan fingerprint density at radius 3 is 2.85 bits per heavy atom. The lowest BCUT2D eigenvalue weighted by molar-refractivity contribution is -0.117. The monoisotopic (exact) mass is 295 g/mol. The van der Waals surface area contributed by atoms with Crippen LogP contribution in [0, 0.1) is 0 Å². The Morgan fingerprint density at radius 1 is 1.40 bits per heavy atom. The maximum atomic E-state index is 12.2. The highest BCUT2D eigenvalue weighted by molar-refractivity contribution is 7.89. The minimum absolute atomic E-state index is 0.0241. The maximum Gasteiger partial charge on any atom is 0.229 e. The molecule has 1 aromatic rings. The minimum Gasteiger partial charge on any atom is -0.306 e. The van der Waals surface area contributed by atoms with E-state index in [9.17, 15) is 13.2 Å². The minimum atomic E-state index is -3.24. The van der Waals surface area contributed by atoms with Crippen LogP contribution in [0.15, 0.2) is 24.5 Å². The van der Waals surface area contributed by atoms with E-state index in [1.165, 1.54) is 4.31 Å². The first-order valence-corrected chi connectivity index (χ1v) is 8.37. The van der Waals surface area contributed by atoms with E-state index in [2.05, 4.69) is 4.98 Å². The van der Waals surface area contributed by atoms with E-state index < -0.39 is 10.0 Å². The molecular formula is C13H17N3O3S. The van der Waals surface area contributed by atoms with Gasteiger partial charge in [0.05, 0.1) is 29.7 Å². The molecule has 0 aliphatic carbocycles. The van der Waals surface area contributed by atoms with Crippen LogP contribution >= 0.6 is 0 Å². The molecular weight excluding hydrogens is 278 g/mol. The lowest BCUT2D eigenvalue weighted by Gasteiger charge is -2.24. The van der Waals surface area contributed by atoms with Gasteiger partial charge in [-0.05, 0) is 25.5 Å². The molecule has 0 N–H and O–H groups in total. The zero-order valence-electron chi connectivity index (χ0n) is 11.3. The Labute approximate surface area is 118 Å². The summed E-state index contributed by atoms with van der Waals surface area (Å²) in [6.45, 7) is 2.13. The van der Waals surface area contributed by atoms with Crippen molar-refractivity contribution in [2.24, 2.45) is 0 Å². The first-order valence-electron chi connectivity index (χ1n) is 6.76. The summed E-state index contributed by atoms with van der Waals surface area (Å²) in [5, 5.41) is 0. The van der Waals surface area contributed by atoms with Crippen molar-refractivity contribution in [3.05, 3.63) is 24.5 Å². The highest BCUT2D eigenvalue weighted by atomic mass is 32.2. The number of hydrogen-bond donors (Lipinski definition) is 0. The molecule has 108 valence electrons. The summed E-state index contributed by atoms with van der Waals surface area (Å²) in [6, 6.07) is 3.33. The number of rotatable bonds is 3. The Kier molecular flexibility index (Phi) is 3.25. The van der Waals surface area contributed by atoms with E-state index >= 15 is 0 Å². The Hall–Kier alpha value is -1.47. The van der Waals surface area contributed by atoms with E-state index in [0.717, 1.165) is 5.69 Å². The number of pyridine rings is 1. The van der Waals surface area contributed by atoms with Crippen LogP contribution < -0.4 is 4.90 Å². The summed E-state index contributed by atoms with van der Waals surface area (Å²) in [5.41, 5.74) is 0.751. The van der Waals surface area contributed by atoms with E-state index in [1.54, 1.807) is 30.3 Å². The molecule has 0 unspecified atom stereocenters. The molecule has 2 fully saturated rings. The first-order chi connectivity index (χ1) is 9.54. The van der Waals surface area contributed by atoms with E-state index in [4.69, 9.17) is 0 Å². The van der Waals surface area contributed by atoms with Gasteiger partial charge in [-0.3, -0.25) is 9.78 Å². The molecule has 2 atom stereocenters. The normalized spacial score (nSPS) is 27.1. The number of amides is 1. The quantitative estimate of drug-likeness (QED) is 0.819. The van der Waals surface area contributed by atoms with Crippen LogP contribution in [0.1, 0.15) is 19.8 Å². The zero-order chi connectivity index (χ0) is 14.3. The third kappa shape index (κ3) is 2.01. The zero-order valence-corrected chi connectivity index (χ0v) is 12.1. The Bertz CT molecular complexity index is 617.